The molecular formula is C28H33Cl2F8N3O2. The maximum atomic E-state index is 13.6. The molecule has 2 aliphatic heterocycles. The van der Waals surface area contributed by atoms with Crippen LogP contribution in [0.4, 0.5) is 35.1 Å². The molecule has 0 aliphatic carbocycles. The molecule has 2 fully saturated rings. The van der Waals surface area contributed by atoms with Crippen LogP contribution in [0, 0.1) is 0 Å². The first-order valence-corrected chi connectivity index (χ1v) is 13.2. The average Bonchev–Trinajstić information content (AvgIpc) is 2.91. The second-order valence-corrected chi connectivity index (χ2v) is 10.5. The Labute approximate surface area is 257 Å². The number of piperazine rings is 1. The Morgan fingerprint density at radius 1 is 0.837 bits per heavy atom. The van der Waals surface area contributed by atoms with E-state index < -0.39 is 41.4 Å². The Morgan fingerprint density at radius 3 is 1.98 bits per heavy atom. The number of carbonyl (C=O) groups excluding carboxylic acids is 1. The minimum Gasteiger partial charge on any atom is -0.497 e. The molecule has 5 nitrogen and oxygen atoms in total. The van der Waals surface area contributed by atoms with Gasteiger partial charge in [-0.25, -0.2) is 8.78 Å². The summed E-state index contributed by atoms with van der Waals surface area (Å²) in [6, 6.07) is 6.78. The second kappa shape index (κ2) is 14.6. The van der Waals surface area contributed by atoms with Crippen molar-refractivity contribution in [2.45, 2.75) is 43.6 Å². The van der Waals surface area contributed by atoms with Crippen molar-refractivity contribution in [1.82, 2.24) is 14.7 Å². The summed E-state index contributed by atoms with van der Waals surface area (Å²) >= 11 is 0. The number of carbonyl (C=O) groups is 1. The summed E-state index contributed by atoms with van der Waals surface area (Å²) in [6.45, 7) is 2.45. The number of hydrogen-bond acceptors (Lipinski definition) is 4. The molecule has 15 heteroatoms. The molecule has 242 valence electrons. The molecule has 0 bridgehead atoms. The first-order chi connectivity index (χ1) is 19.1. The SMILES string of the molecule is COc1cc(C(=O)N2CCN(CCN3CCC(F)(F)CC3)C[C@H]2Cc2ccc(C(F)(F)F)cc2)cc(C(F)(F)F)c1.Cl.Cl. The van der Waals surface area contributed by atoms with Gasteiger partial charge in [0.25, 0.3) is 11.8 Å². The number of methoxy groups -OCH3 is 1. The molecular weight excluding hydrogens is 633 g/mol. The van der Waals surface area contributed by atoms with E-state index >= 15 is 0 Å². The first-order valence-electron chi connectivity index (χ1n) is 13.2. The third-order valence-electron chi connectivity index (χ3n) is 7.62. The fourth-order valence-corrected chi connectivity index (χ4v) is 5.22. The van der Waals surface area contributed by atoms with Crippen LogP contribution in [0.3, 0.4) is 0 Å². The number of rotatable bonds is 7. The van der Waals surface area contributed by atoms with Gasteiger partial charge in [0.05, 0.1) is 18.2 Å². The smallest absolute Gasteiger partial charge is 0.416 e. The molecule has 0 unspecified atom stereocenters. The van der Waals surface area contributed by atoms with E-state index in [0.717, 1.165) is 24.3 Å². The summed E-state index contributed by atoms with van der Waals surface area (Å²) in [5, 5.41) is 0. The Bertz CT molecular complexity index is 1200. The molecule has 1 atom stereocenters. The highest BCUT2D eigenvalue weighted by molar-refractivity contribution is 5.95. The van der Waals surface area contributed by atoms with Gasteiger partial charge >= 0.3 is 12.4 Å². The van der Waals surface area contributed by atoms with E-state index in [0.29, 0.717) is 31.7 Å². The first kappa shape index (κ1) is 36.8. The molecule has 2 saturated heterocycles. The van der Waals surface area contributed by atoms with Crippen LogP contribution in [0.15, 0.2) is 42.5 Å². The molecule has 0 saturated carbocycles. The van der Waals surface area contributed by atoms with Gasteiger partial charge in [-0.3, -0.25) is 9.69 Å². The largest absolute Gasteiger partial charge is 0.497 e. The molecule has 0 radical (unpaired) electrons. The van der Waals surface area contributed by atoms with E-state index in [1.165, 1.54) is 30.2 Å². The maximum absolute atomic E-state index is 13.6. The molecule has 1 amide bonds. The lowest BCUT2D eigenvalue weighted by molar-refractivity contribution is -0.138. The third kappa shape index (κ3) is 9.82. The summed E-state index contributed by atoms with van der Waals surface area (Å²) in [5.74, 6) is -3.45. The van der Waals surface area contributed by atoms with Crippen LogP contribution in [0.1, 0.15) is 39.9 Å². The van der Waals surface area contributed by atoms with E-state index in [1.807, 2.05) is 9.80 Å². The third-order valence-corrected chi connectivity index (χ3v) is 7.62. The standard InChI is InChI=1S/C28H31F8N3O2.2ClH/c1-41-24-16-20(15-22(17-24)28(34,35)36)25(40)39-13-12-38(11-10-37-8-6-26(29,30)7-9-37)18-23(39)14-19-2-4-21(5-3-19)27(31,32)33;;/h2-5,15-17,23H,6-14,18H2,1H3;2*1H/t23-;;/m1../s1. The van der Waals surface area contributed by atoms with E-state index in [-0.39, 0.29) is 75.0 Å². The van der Waals surface area contributed by atoms with Crippen molar-refractivity contribution in [1.29, 1.82) is 0 Å². The van der Waals surface area contributed by atoms with Crippen LogP contribution >= 0.6 is 24.8 Å². The van der Waals surface area contributed by atoms with E-state index in [2.05, 4.69) is 0 Å². The van der Waals surface area contributed by atoms with Gasteiger partial charge in [-0.2, -0.15) is 26.3 Å². The van der Waals surface area contributed by atoms with Crippen molar-refractivity contribution in [3.8, 4) is 5.75 Å². The summed E-state index contributed by atoms with van der Waals surface area (Å²) in [5.41, 5.74) is -1.54. The van der Waals surface area contributed by atoms with Crippen molar-refractivity contribution in [3.63, 3.8) is 0 Å². The fourth-order valence-electron chi connectivity index (χ4n) is 5.22. The molecule has 2 aromatic carbocycles. The van der Waals surface area contributed by atoms with Gasteiger partial charge in [0, 0.05) is 70.3 Å². The van der Waals surface area contributed by atoms with Crippen LogP contribution in [0.2, 0.25) is 0 Å². The molecule has 4 rings (SSSR count). The lowest BCUT2D eigenvalue weighted by Gasteiger charge is -2.42. The summed E-state index contributed by atoms with van der Waals surface area (Å²) in [4.78, 5) is 19.0. The average molecular weight is 666 g/mol. The second-order valence-electron chi connectivity index (χ2n) is 10.5. The minimum absolute atomic E-state index is 0. The lowest BCUT2D eigenvalue weighted by atomic mass is 9.99. The van der Waals surface area contributed by atoms with Gasteiger partial charge < -0.3 is 14.5 Å². The van der Waals surface area contributed by atoms with Crippen molar-refractivity contribution in [2.24, 2.45) is 0 Å². The number of benzene rings is 2. The monoisotopic (exact) mass is 665 g/mol. The Hall–Kier alpha value is -2.35. The highest BCUT2D eigenvalue weighted by Crippen LogP contribution is 2.34. The number of alkyl halides is 8. The zero-order chi connectivity index (χ0) is 30.0. The molecule has 0 aromatic heterocycles. The van der Waals surface area contributed by atoms with Crippen LogP contribution in [-0.2, 0) is 18.8 Å². The van der Waals surface area contributed by atoms with Gasteiger partial charge in [-0.15, -0.1) is 24.8 Å². The number of halogens is 10. The van der Waals surface area contributed by atoms with Crippen LogP contribution in [0.25, 0.3) is 0 Å². The topological polar surface area (TPSA) is 36.0 Å². The highest BCUT2D eigenvalue weighted by atomic mass is 35.5. The molecule has 2 heterocycles. The van der Waals surface area contributed by atoms with Gasteiger partial charge in [-0.1, -0.05) is 12.1 Å². The Balaban J connectivity index is 0.00000323. The maximum Gasteiger partial charge on any atom is 0.416 e. The summed E-state index contributed by atoms with van der Waals surface area (Å²) < 4.78 is 112. The Morgan fingerprint density at radius 2 is 1.42 bits per heavy atom. The van der Waals surface area contributed by atoms with Crippen LogP contribution in [-0.4, -0.2) is 85.5 Å². The van der Waals surface area contributed by atoms with Crippen LogP contribution < -0.4 is 4.74 Å². The van der Waals surface area contributed by atoms with Gasteiger partial charge in [0.1, 0.15) is 5.75 Å². The zero-order valence-electron chi connectivity index (χ0n) is 23.2. The van der Waals surface area contributed by atoms with Gasteiger partial charge in [0.15, 0.2) is 0 Å². The molecule has 2 aromatic rings. The number of piperidine rings is 1. The number of amides is 1. The summed E-state index contributed by atoms with van der Waals surface area (Å²) in [6.07, 6.45) is -9.48. The van der Waals surface area contributed by atoms with E-state index in [4.69, 9.17) is 4.74 Å². The van der Waals surface area contributed by atoms with Gasteiger partial charge in [-0.05, 0) is 42.3 Å². The van der Waals surface area contributed by atoms with E-state index in [1.54, 1.807) is 0 Å². The van der Waals surface area contributed by atoms with Crippen molar-refractivity contribution < 1.29 is 44.7 Å². The lowest BCUT2D eigenvalue weighted by Crippen LogP contribution is -2.57. The fraction of sp³-hybridized carbons (Fsp3) is 0.536. The highest BCUT2D eigenvalue weighted by Gasteiger charge is 2.37. The number of likely N-dealkylation sites (tertiary alicyclic amines) is 1. The number of hydrogen-bond donors (Lipinski definition) is 0. The van der Waals surface area contributed by atoms with Crippen molar-refractivity contribution in [3.05, 3.63) is 64.7 Å². The molecule has 0 N–H and O–H groups in total. The zero-order valence-corrected chi connectivity index (χ0v) is 24.8. The molecule has 0 spiro atoms. The molecule has 2 aliphatic rings. The quantitative estimate of drug-likeness (QED) is 0.310. The van der Waals surface area contributed by atoms with Crippen LogP contribution in [0.5, 0.6) is 5.75 Å². The minimum atomic E-state index is -4.71. The van der Waals surface area contributed by atoms with Crippen molar-refractivity contribution >= 4 is 30.7 Å². The number of ether oxygens (including phenoxy) is 1. The Kier molecular flexibility index (Phi) is 12.5. The predicted molar refractivity (Wildman–Crippen MR) is 150 cm³/mol. The normalized spacial score (nSPS) is 19.7. The predicted octanol–water partition coefficient (Wildman–Crippen LogP) is 6.68. The van der Waals surface area contributed by atoms with Gasteiger partial charge in [0.2, 0.25) is 0 Å². The molecule has 43 heavy (non-hydrogen) atoms. The van der Waals surface area contributed by atoms with E-state index in [9.17, 15) is 39.9 Å². The number of nitrogens with zero attached hydrogens (tertiary/aromatic N) is 3. The summed E-state index contributed by atoms with van der Waals surface area (Å²) in [7, 11) is 1.19. The van der Waals surface area contributed by atoms with Crippen molar-refractivity contribution in [2.75, 3.05) is 52.9 Å².